The maximum absolute atomic E-state index is 11.7. The zero-order chi connectivity index (χ0) is 5.86. The summed E-state index contributed by atoms with van der Waals surface area (Å²) < 4.78 is 11.7. The molecule has 0 unspecified atom stereocenters. The van der Waals surface area contributed by atoms with Gasteiger partial charge in [-0.25, -0.2) is 4.39 Å². The Morgan fingerprint density at radius 1 is 1.71 bits per heavy atom. The van der Waals surface area contributed by atoms with E-state index in [0.29, 0.717) is 0 Å². The van der Waals surface area contributed by atoms with Crippen molar-refractivity contribution in [3.63, 3.8) is 0 Å². The predicted molar refractivity (Wildman–Crippen MR) is 29.4 cm³/mol. The minimum Gasteiger partial charge on any atom is -0.212 e. The molecule has 0 aliphatic rings. The van der Waals surface area contributed by atoms with Crippen molar-refractivity contribution in [1.29, 1.82) is 0 Å². The Labute approximate surface area is 44.0 Å². The van der Waals surface area contributed by atoms with E-state index in [1.165, 1.54) is 6.08 Å². The van der Waals surface area contributed by atoms with Crippen LogP contribution in [0.25, 0.3) is 0 Å². The van der Waals surface area contributed by atoms with Crippen molar-refractivity contribution in [1.82, 2.24) is 0 Å². The summed E-state index contributed by atoms with van der Waals surface area (Å²) in [4.78, 5) is 0. The first kappa shape index (κ1) is 6.67. The maximum atomic E-state index is 11.7. The fraction of sp³-hybridized carbons (Fsp3) is 0.500. The summed E-state index contributed by atoms with van der Waals surface area (Å²) in [6.45, 7) is 6.89. The molecule has 0 aromatic rings. The van der Waals surface area contributed by atoms with Crippen LogP contribution >= 0.6 is 0 Å². The Hall–Kier alpha value is -0.330. The molecule has 0 saturated heterocycles. The zero-order valence-electron chi connectivity index (χ0n) is 4.74. The van der Waals surface area contributed by atoms with Crippen molar-refractivity contribution in [2.45, 2.75) is 13.8 Å². The van der Waals surface area contributed by atoms with E-state index in [-0.39, 0.29) is 11.7 Å². The molecule has 0 heterocycles. The van der Waals surface area contributed by atoms with Crippen molar-refractivity contribution in [3.05, 3.63) is 18.8 Å². The largest absolute Gasteiger partial charge is 0.212 e. The van der Waals surface area contributed by atoms with Gasteiger partial charge in [-0.2, -0.15) is 0 Å². The van der Waals surface area contributed by atoms with Crippen LogP contribution in [0.1, 0.15) is 13.8 Å². The summed E-state index contributed by atoms with van der Waals surface area (Å²) in [7, 11) is 0. The molecular weight excluding hydrogens is 91.1 g/mol. The molecule has 0 aromatic carbocycles. The highest BCUT2D eigenvalue weighted by atomic mass is 19.1. The van der Waals surface area contributed by atoms with Crippen molar-refractivity contribution in [3.8, 4) is 0 Å². The van der Waals surface area contributed by atoms with E-state index in [2.05, 4.69) is 6.92 Å². The third-order valence-electron chi connectivity index (χ3n) is 0.514. The van der Waals surface area contributed by atoms with Crippen molar-refractivity contribution < 1.29 is 4.39 Å². The van der Waals surface area contributed by atoms with Gasteiger partial charge in [-0.1, -0.05) is 19.9 Å². The lowest BCUT2D eigenvalue weighted by atomic mass is 10.2. The van der Waals surface area contributed by atoms with Gasteiger partial charge in [0.1, 0.15) is 0 Å². The van der Waals surface area contributed by atoms with Crippen molar-refractivity contribution >= 4 is 0 Å². The SMILES string of the molecule is [CH2]/C(F)=C/C(C)C. The molecule has 0 aliphatic heterocycles. The van der Waals surface area contributed by atoms with Crippen LogP contribution in [0.5, 0.6) is 0 Å². The average Bonchev–Trinajstić information content (AvgIpc) is 1.27. The average molecular weight is 101 g/mol. The Morgan fingerprint density at radius 3 is 2.14 bits per heavy atom. The van der Waals surface area contributed by atoms with E-state index in [9.17, 15) is 4.39 Å². The summed E-state index contributed by atoms with van der Waals surface area (Å²) >= 11 is 0. The molecule has 0 rings (SSSR count). The second kappa shape index (κ2) is 2.78. The van der Waals surface area contributed by atoms with Crippen molar-refractivity contribution in [2.75, 3.05) is 0 Å². The molecule has 0 atom stereocenters. The minimum atomic E-state index is -0.338. The molecule has 1 heteroatoms. The maximum Gasteiger partial charge on any atom is 0.0966 e. The van der Waals surface area contributed by atoms with Gasteiger partial charge in [-0.05, 0) is 5.92 Å². The lowest BCUT2D eigenvalue weighted by Crippen LogP contribution is -1.77. The van der Waals surface area contributed by atoms with Crippen LogP contribution in [0.4, 0.5) is 4.39 Å². The van der Waals surface area contributed by atoms with Crippen LogP contribution in [-0.2, 0) is 0 Å². The van der Waals surface area contributed by atoms with Gasteiger partial charge in [0, 0.05) is 6.92 Å². The number of hydrogen-bond acceptors (Lipinski definition) is 0. The van der Waals surface area contributed by atoms with Crippen LogP contribution < -0.4 is 0 Å². The molecular formula is C6H10F. The van der Waals surface area contributed by atoms with Gasteiger partial charge < -0.3 is 0 Å². The van der Waals surface area contributed by atoms with Crippen LogP contribution in [0, 0.1) is 12.8 Å². The van der Waals surface area contributed by atoms with Crippen LogP contribution in [-0.4, -0.2) is 0 Å². The first-order chi connectivity index (χ1) is 3.13. The zero-order valence-corrected chi connectivity index (χ0v) is 4.74. The smallest absolute Gasteiger partial charge is 0.0966 e. The van der Waals surface area contributed by atoms with E-state index in [1.54, 1.807) is 0 Å². The molecule has 0 aliphatic carbocycles. The van der Waals surface area contributed by atoms with Gasteiger partial charge in [0.05, 0.1) is 5.83 Å². The Balaban J connectivity index is 3.45. The normalized spacial score (nSPS) is 13.0. The van der Waals surface area contributed by atoms with E-state index in [0.717, 1.165) is 0 Å². The third kappa shape index (κ3) is 5.67. The molecule has 1 radical (unpaired) electrons. The molecule has 0 fully saturated rings. The standard InChI is InChI=1S/C6H10F/c1-5(2)4-6(3)7/h4-5H,3H2,1-2H3/b6-4-. The van der Waals surface area contributed by atoms with E-state index in [1.807, 2.05) is 13.8 Å². The Kier molecular flexibility index (Phi) is 2.65. The molecule has 0 spiro atoms. The van der Waals surface area contributed by atoms with E-state index in [4.69, 9.17) is 0 Å². The second-order valence-electron chi connectivity index (χ2n) is 1.86. The molecule has 0 bridgehead atoms. The van der Waals surface area contributed by atoms with Gasteiger partial charge in [0.25, 0.3) is 0 Å². The Bertz CT molecular complexity index is 68.2. The topological polar surface area (TPSA) is 0 Å². The summed E-state index contributed by atoms with van der Waals surface area (Å²) in [5, 5.41) is 0. The van der Waals surface area contributed by atoms with Gasteiger partial charge in [-0.15, -0.1) is 0 Å². The Morgan fingerprint density at radius 2 is 2.14 bits per heavy atom. The lowest BCUT2D eigenvalue weighted by molar-refractivity contribution is 0.643. The van der Waals surface area contributed by atoms with Crippen LogP contribution in [0.15, 0.2) is 11.9 Å². The van der Waals surface area contributed by atoms with Crippen molar-refractivity contribution in [2.24, 2.45) is 5.92 Å². The molecule has 0 saturated carbocycles. The number of rotatable bonds is 1. The monoisotopic (exact) mass is 101 g/mol. The summed E-state index contributed by atoms with van der Waals surface area (Å²) in [5.74, 6) is -0.0625. The summed E-state index contributed by atoms with van der Waals surface area (Å²) in [6, 6.07) is 0. The van der Waals surface area contributed by atoms with Gasteiger partial charge in [-0.3, -0.25) is 0 Å². The number of hydrogen-bond donors (Lipinski definition) is 0. The van der Waals surface area contributed by atoms with Crippen LogP contribution in [0.3, 0.4) is 0 Å². The molecule has 7 heavy (non-hydrogen) atoms. The second-order valence-corrected chi connectivity index (χ2v) is 1.86. The van der Waals surface area contributed by atoms with E-state index < -0.39 is 0 Å². The lowest BCUT2D eigenvalue weighted by Gasteiger charge is -1.90. The summed E-state index contributed by atoms with van der Waals surface area (Å²) in [5.41, 5.74) is 0. The number of allylic oxidation sites excluding steroid dienone is 2. The highest BCUT2D eigenvalue weighted by Crippen LogP contribution is 2.00. The molecule has 0 amide bonds. The highest BCUT2D eigenvalue weighted by molar-refractivity contribution is 4.95. The fourth-order valence-corrected chi connectivity index (χ4v) is 0.362. The molecule has 41 valence electrons. The van der Waals surface area contributed by atoms with Crippen LogP contribution in [0.2, 0.25) is 0 Å². The van der Waals surface area contributed by atoms with Gasteiger partial charge in [0.2, 0.25) is 0 Å². The minimum absolute atomic E-state index is 0.275. The fourth-order valence-electron chi connectivity index (χ4n) is 0.362. The third-order valence-corrected chi connectivity index (χ3v) is 0.514. The first-order valence-electron chi connectivity index (χ1n) is 2.32. The first-order valence-corrected chi connectivity index (χ1v) is 2.32. The van der Waals surface area contributed by atoms with E-state index >= 15 is 0 Å². The van der Waals surface area contributed by atoms with Gasteiger partial charge in [0.15, 0.2) is 0 Å². The summed E-state index contributed by atoms with van der Waals surface area (Å²) in [6.07, 6.45) is 1.47. The predicted octanol–water partition coefficient (Wildman–Crippen LogP) is 2.33. The highest BCUT2D eigenvalue weighted by Gasteiger charge is 1.85. The quantitative estimate of drug-likeness (QED) is 0.475. The molecule has 0 aromatic heterocycles. The molecule has 0 nitrogen and oxygen atoms in total. The van der Waals surface area contributed by atoms with Gasteiger partial charge >= 0.3 is 0 Å². The molecule has 0 N–H and O–H groups in total. The number of halogens is 1.